The Balaban J connectivity index is 4.22. The predicted octanol–water partition coefficient (Wildman–Crippen LogP) is 22.4. The summed E-state index contributed by atoms with van der Waals surface area (Å²) in [7, 11) is 0. The van der Waals surface area contributed by atoms with E-state index >= 15 is 0 Å². The van der Waals surface area contributed by atoms with Crippen LogP contribution in [-0.2, 0) is 28.6 Å². The van der Waals surface area contributed by atoms with Crippen LogP contribution in [0.15, 0.2) is 122 Å². The van der Waals surface area contributed by atoms with E-state index in [4.69, 9.17) is 14.2 Å². The maximum Gasteiger partial charge on any atom is 0.306 e. The fraction of sp³-hybridized carbons (Fsp3) is 0.681. The Bertz CT molecular complexity index is 1620. The van der Waals surface area contributed by atoms with Gasteiger partial charge in [-0.1, -0.05) is 284 Å². The molecular formula is C72H120O6. The summed E-state index contributed by atoms with van der Waals surface area (Å²) in [5.41, 5.74) is 0. The molecule has 0 heterocycles. The second-order valence-corrected chi connectivity index (χ2v) is 21.3. The van der Waals surface area contributed by atoms with Gasteiger partial charge < -0.3 is 14.2 Å². The van der Waals surface area contributed by atoms with Crippen LogP contribution in [0.1, 0.15) is 297 Å². The molecule has 6 nitrogen and oxygen atoms in total. The molecule has 6 heteroatoms. The van der Waals surface area contributed by atoms with Crippen molar-refractivity contribution < 1.29 is 28.6 Å². The van der Waals surface area contributed by atoms with Crippen LogP contribution in [0.5, 0.6) is 0 Å². The summed E-state index contributed by atoms with van der Waals surface area (Å²) in [5.74, 6) is -0.899. The van der Waals surface area contributed by atoms with Gasteiger partial charge >= 0.3 is 17.9 Å². The lowest BCUT2D eigenvalue weighted by Crippen LogP contribution is -2.30. The number of carbonyl (C=O) groups excluding carboxylic acids is 3. The predicted molar refractivity (Wildman–Crippen MR) is 339 cm³/mol. The van der Waals surface area contributed by atoms with Gasteiger partial charge in [-0.25, -0.2) is 0 Å². The molecule has 0 saturated carbocycles. The minimum atomic E-state index is -0.785. The van der Waals surface area contributed by atoms with Gasteiger partial charge in [-0.15, -0.1) is 0 Å². The van der Waals surface area contributed by atoms with Crippen molar-refractivity contribution in [3.05, 3.63) is 122 Å². The molecule has 78 heavy (non-hydrogen) atoms. The standard InChI is InChI=1S/C72H120O6/c1-4-7-10-13-16-19-22-25-26-27-28-29-30-31-32-33-34-35-36-37-38-39-40-41-42-43-44-45-46-48-50-53-56-59-62-65-71(74)77-68-69(67-76-70(73)64-61-58-55-52-49-24-21-18-15-12-9-6-3)78-72(75)66-63-60-57-54-51-47-23-20-17-14-11-8-5-2/h7,10,16,18-19,21,25-26,28-29,31-32,34-35,37-38,40-41,43-44,69H,4-6,8-9,11-15,17,20,22-24,27,30,33,36,39,42,45-68H2,1-3H3/b10-7-,19-16-,21-18-,26-25-,29-28-,32-31-,35-34-,38-37-,41-40-,44-43-. The molecule has 444 valence electrons. The van der Waals surface area contributed by atoms with Crippen LogP contribution in [0.2, 0.25) is 0 Å². The molecule has 0 aliphatic carbocycles. The highest BCUT2D eigenvalue weighted by atomic mass is 16.6. The smallest absolute Gasteiger partial charge is 0.306 e. The van der Waals surface area contributed by atoms with Crippen molar-refractivity contribution in [3.8, 4) is 0 Å². The van der Waals surface area contributed by atoms with Crippen LogP contribution in [0, 0.1) is 0 Å². The van der Waals surface area contributed by atoms with Crippen molar-refractivity contribution in [2.24, 2.45) is 0 Å². The van der Waals surface area contributed by atoms with E-state index < -0.39 is 6.10 Å². The Morgan fingerprint density at radius 1 is 0.269 bits per heavy atom. The third kappa shape index (κ3) is 62.7. The van der Waals surface area contributed by atoms with Gasteiger partial charge in [-0.05, 0) is 116 Å². The molecule has 0 bridgehead atoms. The number of hydrogen-bond acceptors (Lipinski definition) is 6. The van der Waals surface area contributed by atoms with Crippen molar-refractivity contribution in [2.75, 3.05) is 13.2 Å². The Kier molecular flexibility index (Phi) is 61.8. The minimum absolute atomic E-state index is 0.0843. The summed E-state index contributed by atoms with van der Waals surface area (Å²) in [6.07, 6.45) is 90.7. The first-order valence-electron chi connectivity index (χ1n) is 32.5. The van der Waals surface area contributed by atoms with Crippen LogP contribution in [0.3, 0.4) is 0 Å². The average molecular weight is 1080 g/mol. The maximum absolute atomic E-state index is 12.9. The van der Waals surface area contributed by atoms with Crippen molar-refractivity contribution in [1.82, 2.24) is 0 Å². The highest BCUT2D eigenvalue weighted by Gasteiger charge is 2.19. The molecule has 0 amide bonds. The van der Waals surface area contributed by atoms with Gasteiger partial charge in [0.1, 0.15) is 13.2 Å². The van der Waals surface area contributed by atoms with Crippen molar-refractivity contribution >= 4 is 17.9 Å². The van der Waals surface area contributed by atoms with E-state index in [1.54, 1.807) is 0 Å². The molecule has 0 radical (unpaired) electrons. The van der Waals surface area contributed by atoms with Gasteiger partial charge in [0.15, 0.2) is 6.10 Å². The number of carbonyl (C=O) groups is 3. The number of ether oxygens (including phenoxy) is 3. The maximum atomic E-state index is 12.9. The van der Waals surface area contributed by atoms with Crippen LogP contribution in [0.25, 0.3) is 0 Å². The molecule has 0 aromatic heterocycles. The molecule has 0 saturated heterocycles. The molecule has 0 spiro atoms. The second kappa shape index (κ2) is 65.3. The summed E-state index contributed by atoms with van der Waals surface area (Å²) < 4.78 is 16.9. The lowest BCUT2D eigenvalue weighted by Gasteiger charge is -2.18. The monoisotopic (exact) mass is 1080 g/mol. The summed E-state index contributed by atoms with van der Waals surface area (Å²) in [6, 6.07) is 0. The van der Waals surface area contributed by atoms with Gasteiger partial charge in [0.25, 0.3) is 0 Å². The first kappa shape index (κ1) is 73.8. The summed E-state index contributed by atoms with van der Waals surface area (Å²) >= 11 is 0. The van der Waals surface area contributed by atoms with Crippen LogP contribution in [0.4, 0.5) is 0 Å². The van der Waals surface area contributed by atoms with Gasteiger partial charge in [-0.3, -0.25) is 14.4 Å². The fourth-order valence-corrected chi connectivity index (χ4v) is 8.84. The molecule has 0 aromatic rings. The van der Waals surface area contributed by atoms with Crippen LogP contribution < -0.4 is 0 Å². The van der Waals surface area contributed by atoms with E-state index in [0.717, 1.165) is 128 Å². The Hall–Kier alpha value is -4.19. The quantitative estimate of drug-likeness (QED) is 0.0261. The first-order chi connectivity index (χ1) is 38.5. The summed E-state index contributed by atoms with van der Waals surface area (Å²) in [4.78, 5) is 38.2. The lowest BCUT2D eigenvalue weighted by atomic mass is 10.0. The number of hydrogen-bond donors (Lipinski definition) is 0. The fourth-order valence-electron chi connectivity index (χ4n) is 8.84. The average Bonchev–Trinajstić information content (AvgIpc) is 3.44. The molecule has 1 atom stereocenters. The Labute approximate surface area is 482 Å². The molecule has 0 aromatic carbocycles. The summed E-state index contributed by atoms with van der Waals surface area (Å²) in [6.45, 7) is 6.49. The highest BCUT2D eigenvalue weighted by Crippen LogP contribution is 2.16. The second-order valence-electron chi connectivity index (χ2n) is 21.3. The SMILES string of the molecule is CC/C=C\C/C=C\C/C=C\C/C=C\C/C=C\C/C=C\C/C=C\C/C=C\C/C=C\CCCCCCCCCC(=O)OCC(COC(=O)CCCCCCC/C=C\CCCCC)OC(=O)CCCCCCCCCCCCCCC. The molecule has 1 unspecified atom stereocenters. The van der Waals surface area contributed by atoms with Gasteiger partial charge in [0.2, 0.25) is 0 Å². The topological polar surface area (TPSA) is 78.9 Å². The zero-order valence-electron chi connectivity index (χ0n) is 50.9. The van der Waals surface area contributed by atoms with Crippen LogP contribution in [-0.4, -0.2) is 37.2 Å². The van der Waals surface area contributed by atoms with E-state index in [0.29, 0.717) is 19.3 Å². The van der Waals surface area contributed by atoms with Crippen molar-refractivity contribution in [1.29, 1.82) is 0 Å². The molecular weight excluding hydrogens is 961 g/mol. The van der Waals surface area contributed by atoms with Gasteiger partial charge in [0, 0.05) is 19.3 Å². The highest BCUT2D eigenvalue weighted by molar-refractivity contribution is 5.71. The zero-order valence-corrected chi connectivity index (χ0v) is 50.9. The van der Waals surface area contributed by atoms with Crippen molar-refractivity contribution in [3.63, 3.8) is 0 Å². The number of unbranched alkanes of at least 4 members (excludes halogenated alkanes) is 27. The van der Waals surface area contributed by atoms with E-state index in [1.807, 2.05) is 0 Å². The number of allylic oxidation sites excluding steroid dienone is 20. The van der Waals surface area contributed by atoms with E-state index in [9.17, 15) is 14.4 Å². The van der Waals surface area contributed by atoms with Crippen molar-refractivity contribution in [2.45, 2.75) is 303 Å². The first-order valence-corrected chi connectivity index (χ1v) is 32.5. The third-order valence-electron chi connectivity index (χ3n) is 13.7. The van der Waals surface area contributed by atoms with E-state index in [-0.39, 0.29) is 31.1 Å². The van der Waals surface area contributed by atoms with E-state index in [2.05, 4.69) is 142 Å². The third-order valence-corrected chi connectivity index (χ3v) is 13.7. The van der Waals surface area contributed by atoms with Gasteiger partial charge in [-0.2, -0.15) is 0 Å². The Morgan fingerprint density at radius 2 is 0.500 bits per heavy atom. The number of esters is 3. The van der Waals surface area contributed by atoms with E-state index in [1.165, 1.54) is 128 Å². The zero-order chi connectivity index (χ0) is 56.4. The number of rotatable bonds is 58. The lowest BCUT2D eigenvalue weighted by molar-refractivity contribution is -0.167. The van der Waals surface area contributed by atoms with Crippen LogP contribution >= 0.6 is 0 Å². The normalized spacial score (nSPS) is 12.9. The molecule has 0 aliphatic heterocycles. The summed E-state index contributed by atoms with van der Waals surface area (Å²) in [5, 5.41) is 0. The largest absolute Gasteiger partial charge is 0.462 e. The molecule has 0 aliphatic rings. The minimum Gasteiger partial charge on any atom is -0.462 e. The Morgan fingerprint density at radius 3 is 0.821 bits per heavy atom. The van der Waals surface area contributed by atoms with Gasteiger partial charge in [0.05, 0.1) is 0 Å². The molecule has 0 rings (SSSR count). The molecule has 0 N–H and O–H groups in total. The molecule has 0 fully saturated rings.